The van der Waals surface area contributed by atoms with Crippen LogP contribution in [-0.2, 0) is 39.6 Å². The third kappa shape index (κ3) is 9.37. The molecule has 0 fully saturated rings. The van der Waals surface area contributed by atoms with Gasteiger partial charge < -0.3 is 19.9 Å². The summed E-state index contributed by atoms with van der Waals surface area (Å²) in [4.78, 5) is 32.3. The van der Waals surface area contributed by atoms with Gasteiger partial charge in [-0.2, -0.15) is 4.31 Å². The van der Waals surface area contributed by atoms with E-state index in [4.69, 9.17) is 26.1 Å². The fourth-order valence-corrected chi connectivity index (χ4v) is 12.2. The van der Waals surface area contributed by atoms with Gasteiger partial charge in [0.1, 0.15) is 50.4 Å². The molecular formula is C50H52ClN9O7S2. The third-order valence-corrected chi connectivity index (χ3v) is 16.2. The van der Waals surface area contributed by atoms with Crippen molar-refractivity contribution < 1.29 is 32.6 Å². The predicted octanol–water partition coefficient (Wildman–Crippen LogP) is 8.12. The summed E-state index contributed by atoms with van der Waals surface area (Å²) in [5.41, 5.74) is 8.88. The number of carbonyl (C=O) groups excluding carboxylic acids is 1. The van der Waals surface area contributed by atoms with Crippen LogP contribution < -0.4 is 14.8 Å². The Kier molecular flexibility index (Phi) is 13.2. The predicted molar refractivity (Wildman–Crippen MR) is 264 cm³/mol. The summed E-state index contributed by atoms with van der Waals surface area (Å²) < 4.78 is 45.9. The van der Waals surface area contributed by atoms with Crippen LogP contribution in [0.3, 0.4) is 0 Å². The van der Waals surface area contributed by atoms with E-state index in [9.17, 15) is 23.1 Å². The molecule has 0 bridgehead atoms. The van der Waals surface area contributed by atoms with Crippen LogP contribution >= 0.6 is 22.9 Å². The Morgan fingerprint density at radius 1 is 1.00 bits per heavy atom. The van der Waals surface area contributed by atoms with Crippen LogP contribution in [0, 0.1) is 27.7 Å². The van der Waals surface area contributed by atoms with E-state index in [2.05, 4.69) is 39.7 Å². The van der Waals surface area contributed by atoms with Gasteiger partial charge in [-0.25, -0.2) is 13.1 Å². The minimum atomic E-state index is -4.04. The molecule has 0 spiro atoms. The molecule has 0 saturated heterocycles. The first-order chi connectivity index (χ1) is 33.0. The van der Waals surface area contributed by atoms with Crippen LogP contribution in [0.5, 0.6) is 11.5 Å². The number of sulfonamides is 1. The van der Waals surface area contributed by atoms with Crippen LogP contribution in [0.15, 0.2) is 82.7 Å². The maximum Gasteiger partial charge on any atom is 0.304 e. The number of nitrogens with one attached hydrogen (secondary N) is 1. The first-order valence-corrected chi connectivity index (χ1v) is 25.3. The van der Waals surface area contributed by atoms with Crippen molar-refractivity contribution in [1.82, 2.24) is 39.4 Å². The largest absolute Gasteiger partial charge is 0.494 e. The van der Waals surface area contributed by atoms with Gasteiger partial charge in [-0.1, -0.05) is 53.2 Å². The summed E-state index contributed by atoms with van der Waals surface area (Å²) in [6.45, 7) is 10.3. The molecule has 5 heterocycles. The summed E-state index contributed by atoms with van der Waals surface area (Å²) in [7, 11) is -0.737. The molecule has 0 radical (unpaired) electrons. The smallest absolute Gasteiger partial charge is 0.304 e. The number of carbonyl (C=O) groups is 2. The number of aromatic nitrogens is 6. The van der Waals surface area contributed by atoms with Crippen molar-refractivity contribution in [2.24, 2.45) is 12.0 Å². The van der Waals surface area contributed by atoms with Crippen molar-refractivity contribution in [2.75, 3.05) is 20.2 Å². The Hall–Kier alpha value is -6.47. The number of carboxylic acid groups (broad SMARTS) is 1. The number of benzene rings is 4. The molecule has 3 atom stereocenters. The Balaban J connectivity index is 0.886. The van der Waals surface area contributed by atoms with E-state index in [-0.39, 0.29) is 42.5 Å². The number of fused-ring (bicyclic) bond motifs is 5. The normalized spacial score (nSPS) is 16.9. The van der Waals surface area contributed by atoms with Crippen molar-refractivity contribution in [3.63, 3.8) is 0 Å². The standard InChI is InChI=1S/C50H52ClN9O7S2/c1-27-10-12-34(38(23-45(62)63)35-21-39-48(42(22-35)66-7)58(6)57-55-39)20-36(27)26-59-25-28(2)67-41-19-32(11-17-43(41)69(59,64)65)9-8-18-52-44(61)24-40-49-56-54-31(5)60(49)50-46(29(3)30(4)68-50)47(53-40)33-13-15-37(51)16-14-33/h10-17,19-22,28,38,40H,8-9,18,23-26H2,1-7H3,(H,52,61)(H,62,63)/t28-,38?,40+/m1/s1. The number of thiophene rings is 1. The molecule has 69 heavy (non-hydrogen) atoms. The SMILES string of the molecule is COc1cc(C(CC(=O)O)c2ccc(C)c(CN3C[C@@H](C)Oc4cc(CCCNC(=O)C[C@@H]5N=C(c6ccc(Cl)cc6)c6c(sc(C)c6C)-n6c(C)nnc65)ccc4S3(=O)=O)c2)cc2nnn(C)c12. The second-order valence-electron chi connectivity index (χ2n) is 17.7. The molecule has 2 N–H and O–H groups in total. The minimum absolute atomic E-state index is 0.0453. The second-order valence-corrected chi connectivity index (χ2v) is 21.3. The van der Waals surface area contributed by atoms with Gasteiger partial charge in [0.15, 0.2) is 5.82 Å². The average Bonchev–Trinajstić information content (AvgIpc) is 3.93. The minimum Gasteiger partial charge on any atom is -0.494 e. The molecule has 16 nitrogen and oxygen atoms in total. The summed E-state index contributed by atoms with van der Waals surface area (Å²) >= 11 is 7.92. The Morgan fingerprint density at radius 2 is 1.78 bits per heavy atom. The summed E-state index contributed by atoms with van der Waals surface area (Å²) in [6.07, 6.45) is 0.512. The number of aliphatic imine (C=N–C) groups is 1. The van der Waals surface area contributed by atoms with Crippen LogP contribution in [-0.4, -0.2) is 91.5 Å². The van der Waals surface area contributed by atoms with Crippen molar-refractivity contribution in [3.8, 4) is 16.5 Å². The van der Waals surface area contributed by atoms with E-state index < -0.39 is 34.1 Å². The maximum atomic E-state index is 14.4. The zero-order valence-electron chi connectivity index (χ0n) is 39.3. The molecule has 0 saturated carbocycles. The number of carboxylic acids is 1. The molecule has 1 amide bonds. The molecule has 4 aromatic carbocycles. The van der Waals surface area contributed by atoms with Crippen molar-refractivity contribution in [2.45, 2.75) is 89.8 Å². The lowest BCUT2D eigenvalue weighted by atomic mass is 9.86. The number of rotatable bonds is 14. The lowest BCUT2D eigenvalue weighted by molar-refractivity contribution is -0.137. The third-order valence-electron chi connectivity index (χ3n) is 12.9. The van der Waals surface area contributed by atoms with Crippen molar-refractivity contribution >= 4 is 61.6 Å². The van der Waals surface area contributed by atoms with Crippen LogP contribution in [0.25, 0.3) is 16.0 Å². The fourth-order valence-electron chi connectivity index (χ4n) is 9.24. The van der Waals surface area contributed by atoms with Gasteiger partial charge in [0.25, 0.3) is 0 Å². The molecule has 1 unspecified atom stereocenters. The number of hydrogen-bond acceptors (Lipinski definition) is 12. The highest BCUT2D eigenvalue weighted by Gasteiger charge is 2.35. The van der Waals surface area contributed by atoms with E-state index >= 15 is 0 Å². The summed E-state index contributed by atoms with van der Waals surface area (Å²) in [6, 6.07) is 21.4. The van der Waals surface area contributed by atoms with Gasteiger partial charge in [-0.05, 0) is 117 Å². The molecule has 7 aromatic rings. The Morgan fingerprint density at radius 3 is 2.54 bits per heavy atom. The molecular weight excluding hydrogens is 938 g/mol. The number of amides is 1. The lowest BCUT2D eigenvalue weighted by Gasteiger charge is -2.24. The van der Waals surface area contributed by atoms with Gasteiger partial charge in [0.2, 0.25) is 15.9 Å². The monoisotopic (exact) mass is 989 g/mol. The van der Waals surface area contributed by atoms with Gasteiger partial charge >= 0.3 is 5.97 Å². The number of halogens is 1. The second kappa shape index (κ2) is 19.1. The first kappa shape index (κ1) is 47.6. The lowest BCUT2D eigenvalue weighted by Crippen LogP contribution is -2.35. The average molecular weight is 991 g/mol. The number of hydrogen-bond donors (Lipinski definition) is 2. The van der Waals surface area contributed by atoms with Crippen LogP contribution in [0.2, 0.25) is 5.02 Å². The van der Waals surface area contributed by atoms with Crippen LogP contribution in [0.4, 0.5) is 0 Å². The topological polar surface area (TPSA) is 196 Å². The van der Waals surface area contributed by atoms with Gasteiger partial charge in [0.05, 0.1) is 32.2 Å². The van der Waals surface area contributed by atoms with Gasteiger partial charge in [-0.3, -0.25) is 19.1 Å². The van der Waals surface area contributed by atoms with Crippen LogP contribution in [0.1, 0.15) is 99.2 Å². The molecule has 3 aromatic heterocycles. The fraction of sp³-hybridized carbons (Fsp3) is 0.340. The highest BCUT2D eigenvalue weighted by Crippen LogP contribution is 2.41. The summed E-state index contributed by atoms with van der Waals surface area (Å²) in [5.74, 6) is 0.345. The highest BCUT2D eigenvalue weighted by atomic mass is 35.5. The van der Waals surface area contributed by atoms with Crippen molar-refractivity contribution in [1.29, 1.82) is 0 Å². The van der Waals surface area contributed by atoms with E-state index in [1.807, 2.05) is 79.9 Å². The maximum absolute atomic E-state index is 14.4. The quantitative estimate of drug-likeness (QED) is 0.0999. The molecule has 9 rings (SSSR count). The van der Waals surface area contributed by atoms with E-state index in [0.29, 0.717) is 64.0 Å². The molecule has 2 aliphatic rings. The summed E-state index contributed by atoms with van der Waals surface area (Å²) in [5, 5.41) is 32.0. The molecule has 0 aliphatic carbocycles. The number of aliphatic carboxylic acids is 1. The zero-order chi connectivity index (χ0) is 48.9. The van der Waals surface area contributed by atoms with Gasteiger partial charge in [0, 0.05) is 47.1 Å². The molecule has 2 aliphatic heterocycles. The van der Waals surface area contributed by atoms with E-state index in [0.717, 1.165) is 49.0 Å². The number of aryl methyl sites for hydroxylation is 5. The number of methoxy groups -OCH3 is 1. The number of nitrogens with zero attached hydrogens (tertiary/aromatic N) is 8. The highest BCUT2D eigenvalue weighted by molar-refractivity contribution is 7.89. The van der Waals surface area contributed by atoms with Gasteiger partial charge in [-0.15, -0.1) is 26.6 Å². The van der Waals surface area contributed by atoms with E-state index in [1.54, 1.807) is 48.4 Å². The Bertz CT molecular complexity index is 3290. The first-order valence-electron chi connectivity index (χ1n) is 22.6. The molecule has 19 heteroatoms. The van der Waals surface area contributed by atoms with E-state index in [1.165, 1.54) is 4.31 Å². The zero-order valence-corrected chi connectivity index (χ0v) is 41.7. The molecule has 358 valence electrons. The number of ether oxygens (including phenoxy) is 2. The Labute approximate surface area is 409 Å². The van der Waals surface area contributed by atoms with Crippen molar-refractivity contribution in [3.05, 3.63) is 139 Å².